The topological polar surface area (TPSA) is 58.2 Å². The van der Waals surface area contributed by atoms with Gasteiger partial charge in [-0.3, -0.25) is 14.3 Å². The quantitative estimate of drug-likeness (QED) is 0.627. The van der Waals surface area contributed by atoms with Crippen LogP contribution in [0.1, 0.15) is 34.9 Å². The lowest BCUT2D eigenvalue weighted by atomic mass is 9.93. The van der Waals surface area contributed by atoms with Crippen molar-refractivity contribution in [2.45, 2.75) is 37.4 Å². The first-order valence-corrected chi connectivity index (χ1v) is 9.39. The third-order valence-electron chi connectivity index (χ3n) is 3.96. The number of carbonyl (C=O) groups is 2. The molecular formula is C15H15F3N2O2S2. The van der Waals surface area contributed by atoms with Gasteiger partial charge in [0, 0.05) is 22.4 Å². The zero-order chi connectivity index (χ0) is 17.5. The second-order valence-electron chi connectivity index (χ2n) is 5.74. The Morgan fingerprint density at radius 3 is 2.67 bits per heavy atom. The van der Waals surface area contributed by atoms with Crippen LogP contribution in [-0.4, -0.2) is 30.3 Å². The summed E-state index contributed by atoms with van der Waals surface area (Å²) in [7, 11) is 0. The maximum absolute atomic E-state index is 13.1. The molecule has 1 aliphatic heterocycles. The van der Waals surface area contributed by atoms with Crippen molar-refractivity contribution in [3.05, 3.63) is 27.5 Å². The highest BCUT2D eigenvalue weighted by atomic mass is 32.2. The Balaban J connectivity index is 2.02. The van der Waals surface area contributed by atoms with E-state index in [9.17, 15) is 22.8 Å². The maximum atomic E-state index is 13.1. The van der Waals surface area contributed by atoms with Gasteiger partial charge in [0.15, 0.2) is 0 Å². The van der Waals surface area contributed by atoms with E-state index in [-0.39, 0.29) is 11.1 Å². The molecule has 1 unspecified atom stereocenters. The lowest BCUT2D eigenvalue weighted by Gasteiger charge is -2.28. The van der Waals surface area contributed by atoms with E-state index in [0.717, 1.165) is 29.7 Å². The molecule has 130 valence electrons. The first kappa shape index (κ1) is 17.3. The zero-order valence-corrected chi connectivity index (χ0v) is 14.3. The summed E-state index contributed by atoms with van der Waals surface area (Å²) in [6.45, 7) is 0. The van der Waals surface area contributed by atoms with Crippen molar-refractivity contribution in [1.29, 1.82) is 0 Å². The highest BCUT2D eigenvalue weighted by Crippen LogP contribution is 2.45. The van der Waals surface area contributed by atoms with Crippen molar-refractivity contribution in [2.75, 3.05) is 6.26 Å². The van der Waals surface area contributed by atoms with Gasteiger partial charge in [-0.25, -0.2) is 0 Å². The van der Waals surface area contributed by atoms with Gasteiger partial charge < -0.3 is 5.32 Å². The number of nitrogens with one attached hydrogen (secondary N) is 2. The number of alkyl halides is 3. The number of carbonyl (C=O) groups excluding carboxylic acids is 2. The molecule has 2 aliphatic rings. The Morgan fingerprint density at radius 1 is 1.38 bits per heavy atom. The van der Waals surface area contributed by atoms with Gasteiger partial charge in [-0.15, -0.1) is 11.3 Å². The van der Waals surface area contributed by atoms with Gasteiger partial charge in [0.05, 0.1) is 0 Å². The number of hydrogen-bond acceptors (Lipinski definition) is 4. The monoisotopic (exact) mass is 376 g/mol. The number of rotatable bonds is 4. The molecule has 0 radical (unpaired) electrons. The second kappa shape index (κ2) is 6.44. The molecule has 2 heterocycles. The lowest BCUT2D eigenvalue weighted by molar-refractivity contribution is -0.160. The van der Waals surface area contributed by atoms with E-state index in [0.29, 0.717) is 10.8 Å². The van der Waals surface area contributed by atoms with Crippen LogP contribution in [0.25, 0.3) is 5.57 Å². The molecule has 1 saturated carbocycles. The van der Waals surface area contributed by atoms with Crippen molar-refractivity contribution in [2.24, 2.45) is 0 Å². The van der Waals surface area contributed by atoms with Crippen molar-refractivity contribution in [1.82, 2.24) is 10.0 Å². The van der Waals surface area contributed by atoms with Gasteiger partial charge >= 0.3 is 6.18 Å². The van der Waals surface area contributed by atoms with E-state index in [1.807, 2.05) is 11.4 Å². The molecule has 0 spiro atoms. The average molecular weight is 376 g/mol. The minimum absolute atomic E-state index is 0.171. The van der Waals surface area contributed by atoms with Gasteiger partial charge in [0.1, 0.15) is 11.6 Å². The zero-order valence-electron chi connectivity index (χ0n) is 12.7. The largest absolute Gasteiger partial charge is 0.408 e. The average Bonchev–Trinajstić information content (AvgIpc) is 3.23. The maximum Gasteiger partial charge on any atom is 0.408 e. The number of hydrogen-bond donors (Lipinski definition) is 2. The molecule has 1 fully saturated rings. The Bertz CT molecular complexity index is 708. The van der Waals surface area contributed by atoms with Crippen molar-refractivity contribution in [3.63, 3.8) is 0 Å². The van der Waals surface area contributed by atoms with Gasteiger partial charge in [-0.2, -0.15) is 13.2 Å². The first-order valence-electron chi connectivity index (χ1n) is 7.35. The van der Waals surface area contributed by atoms with Gasteiger partial charge in [0.2, 0.25) is 0 Å². The molecule has 3 rings (SSSR count). The molecular weight excluding hydrogens is 361 g/mol. The molecule has 1 aromatic rings. The fourth-order valence-electron chi connectivity index (χ4n) is 2.63. The lowest BCUT2D eigenvalue weighted by Crippen LogP contribution is -2.50. The fraction of sp³-hybridized carbons (Fsp3) is 0.467. The van der Waals surface area contributed by atoms with Crippen LogP contribution in [0.2, 0.25) is 0 Å². The molecule has 2 amide bonds. The van der Waals surface area contributed by atoms with Crippen molar-refractivity contribution in [3.8, 4) is 0 Å². The third-order valence-corrected chi connectivity index (χ3v) is 5.66. The highest BCUT2D eigenvalue weighted by molar-refractivity contribution is 7.97. The smallest absolute Gasteiger partial charge is 0.340 e. The van der Waals surface area contributed by atoms with E-state index in [1.165, 1.54) is 11.3 Å². The molecule has 4 nitrogen and oxygen atoms in total. The predicted octanol–water partition coefficient (Wildman–Crippen LogP) is 3.22. The molecule has 0 saturated heterocycles. The summed E-state index contributed by atoms with van der Waals surface area (Å²) in [4.78, 5) is 26.0. The van der Waals surface area contributed by atoms with Crippen LogP contribution in [0.4, 0.5) is 13.2 Å². The Labute approximate surface area is 145 Å². The summed E-state index contributed by atoms with van der Waals surface area (Å²) in [5.74, 6) is -1.19. The summed E-state index contributed by atoms with van der Waals surface area (Å²) in [5.41, 5.74) is -0.0569. The van der Waals surface area contributed by atoms with Crippen LogP contribution in [0, 0.1) is 0 Å². The second-order valence-corrected chi connectivity index (χ2v) is 7.46. The van der Waals surface area contributed by atoms with Crippen molar-refractivity contribution < 1.29 is 22.8 Å². The normalized spacial score (nSPS) is 21.7. The van der Waals surface area contributed by atoms with E-state index in [1.54, 1.807) is 12.3 Å². The number of amides is 2. The van der Waals surface area contributed by atoms with Crippen LogP contribution in [0.3, 0.4) is 0 Å². The van der Waals surface area contributed by atoms with Crippen LogP contribution >= 0.6 is 23.3 Å². The third kappa shape index (κ3) is 3.46. The minimum Gasteiger partial charge on any atom is -0.340 e. The van der Waals surface area contributed by atoms with E-state index in [4.69, 9.17) is 0 Å². The van der Waals surface area contributed by atoms with Gasteiger partial charge in [-0.05, 0) is 36.5 Å². The van der Waals surface area contributed by atoms with E-state index < -0.39 is 30.5 Å². The summed E-state index contributed by atoms with van der Waals surface area (Å²) in [6, 6.07) is 1.62. The van der Waals surface area contributed by atoms with Crippen molar-refractivity contribution >= 4 is 40.7 Å². The van der Waals surface area contributed by atoms with Crippen LogP contribution in [0.5, 0.6) is 0 Å². The molecule has 0 aromatic carbocycles. The molecule has 1 aliphatic carbocycles. The Hall–Kier alpha value is -1.48. The number of halogens is 3. The summed E-state index contributed by atoms with van der Waals surface area (Å²) < 4.78 is 41.7. The molecule has 2 N–H and O–H groups in total. The molecule has 1 aromatic heterocycles. The van der Waals surface area contributed by atoms with Crippen LogP contribution in [-0.2, 0) is 9.59 Å². The first-order chi connectivity index (χ1) is 11.3. The Kier molecular flexibility index (Phi) is 4.65. The highest BCUT2D eigenvalue weighted by Gasteiger charge is 2.46. The predicted molar refractivity (Wildman–Crippen MR) is 87.5 cm³/mol. The molecule has 0 bridgehead atoms. The number of thiophene rings is 1. The molecule has 9 heteroatoms. The minimum atomic E-state index is -4.56. The standard InChI is InChI=1S/C15H15F3N2O2S2/c1-23-20-14(22)12-8(6-11(15(16,17)18)19-13(12)21)10-5-4-9(24-10)7-2-3-7/h4-5,7,11H,2-3,6H2,1H3,(H,19,21)(H,20,22). The van der Waals surface area contributed by atoms with E-state index >= 15 is 0 Å². The van der Waals surface area contributed by atoms with E-state index in [2.05, 4.69) is 4.72 Å². The summed E-state index contributed by atoms with van der Waals surface area (Å²) >= 11 is 2.37. The summed E-state index contributed by atoms with van der Waals surface area (Å²) in [5, 5.41) is 1.90. The van der Waals surface area contributed by atoms with Gasteiger partial charge in [-0.1, -0.05) is 11.9 Å². The van der Waals surface area contributed by atoms with Crippen LogP contribution < -0.4 is 10.0 Å². The summed E-state index contributed by atoms with van der Waals surface area (Å²) in [6.07, 6.45) is -1.24. The van der Waals surface area contributed by atoms with Gasteiger partial charge in [0.25, 0.3) is 11.8 Å². The Morgan fingerprint density at radius 2 is 2.08 bits per heavy atom. The SMILES string of the molecule is CSNC(=O)C1=C(c2ccc(C3CC3)s2)CC(C(F)(F)F)NC1=O. The van der Waals surface area contributed by atoms with Crippen LogP contribution in [0.15, 0.2) is 17.7 Å². The molecule has 24 heavy (non-hydrogen) atoms. The fourth-order valence-corrected chi connectivity index (χ4v) is 4.16. The molecule has 1 atom stereocenters.